The minimum absolute atomic E-state index is 0.200. The highest BCUT2D eigenvalue weighted by Crippen LogP contribution is 2.64. The zero-order chi connectivity index (χ0) is 27.5. The molecule has 0 spiro atoms. The van der Waals surface area contributed by atoms with E-state index in [0.717, 1.165) is 0 Å². The fourth-order valence-corrected chi connectivity index (χ4v) is 2.52. The van der Waals surface area contributed by atoms with Crippen molar-refractivity contribution in [1.82, 2.24) is 0 Å². The lowest BCUT2D eigenvalue weighted by Gasteiger charge is -2.43. The molecule has 0 rings (SSSR count). The summed E-state index contributed by atoms with van der Waals surface area (Å²) in [6.07, 6.45) is -10.8. The molecule has 0 aromatic carbocycles. The first-order valence-electron chi connectivity index (χ1n) is 7.43. The summed E-state index contributed by atoms with van der Waals surface area (Å²) in [4.78, 5) is 11.2. The van der Waals surface area contributed by atoms with Crippen LogP contribution in [0.3, 0.4) is 0 Å². The van der Waals surface area contributed by atoms with E-state index in [0.29, 0.717) is 7.11 Å². The highest BCUT2D eigenvalue weighted by atomic mass is 79.9. The van der Waals surface area contributed by atoms with Crippen molar-refractivity contribution >= 4 is 21.9 Å². The quantitative estimate of drug-likeness (QED) is 0.167. The molecule has 0 saturated heterocycles. The lowest BCUT2D eigenvalue weighted by molar-refractivity contribution is -0.461. The average Bonchev–Trinajstić information content (AvgIpc) is 2.57. The van der Waals surface area contributed by atoms with Gasteiger partial charge in [0.05, 0.1) is 7.11 Å². The highest BCUT2D eigenvalue weighted by molar-refractivity contribution is 9.10. The molecule has 0 aromatic rings. The molecule has 2 nitrogen and oxygen atoms in total. The Kier molecular flexibility index (Phi) is 7.86. The summed E-state index contributed by atoms with van der Waals surface area (Å²) in [5.41, 5.74) is 0. The molecule has 20 heteroatoms. The van der Waals surface area contributed by atoms with Crippen molar-refractivity contribution in [1.29, 1.82) is 0 Å². The first-order chi connectivity index (χ1) is 13.9. The number of hydrogen-bond acceptors (Lipinski definition) is 2. The average molecular weight is 599 g/mol. The van der Waals surface area contributed by atoms with E-state index in [4.69, 9.17) is 0 Å². The van der Waals surface area contributed by atoms with E-state index in [-0.39, 0.29) is 6.92 Å². The van der Waals surface area contributed by atoms with Crippen molar-refractivity contribution in [2.24, 2.45) is 0 Å². The predicted octanol–water partition coefficient (Wildman–Crippen LogP) is 6.71. The van der Waals surface area contributed by atoms with Gasteiger partial charge < -0.3 is 4.74 Å². The summed E-state index contributed by atoms with van der Waals surface area (Å²) in [5, 5.41) is 0. The Hall–Kier alpha value is -1.24. The van der Waals surface area contributed by atoms with E-state index in [9.17, 15) is 79.4 Å². The van der Waals surface area contributed by atoms with Crippen LogP contribution in [0.15, 0.2) is 0 Å². The van der Waals surface area contributed by atoms with Crippen LogP contribution < -0.4 is 0 Å². The van der Waals surface area contributed by atoms with Crippen LogP contribution in [-0.4, -0.2) is 65.0 Å². The monoisotopic (exact) mass is 598 g/mol. The fourth-order valence-electron chi connectivity index (χ4n) is 2.01. The van der Waals surface area contributed by atoms with Gasteiger partial charge in [-0.1, -0.05) is 15.9 Å². The number of alkyl halides is 18. The molecule has 0 aliphatic heterocycles. The molecule has 1 unspecified atom stereocenters. The Morgan fingerprint density at radius 2 is 0.879 bits per heavy atom. The number of rotatable bonds is 9. The van der Waals surface area contributed by atoms with Crippen molar-refractivity contribution in [3.05, 3.63) is 0 Å². The number of hydrogen-bond donors (Lipinski definition) is 0. The zero-order valence-corrected chi connectivity index (χ0v) is 16.9. The van der Waals surface area contributed by atoms with Crippen molar-refractivity contribution in [3.63, 3.8) is 0 Å². The minimum atomic E-state index is -8.69. The van der Waals surface area contributed by atoms with Crippen molar-refractivity contribution < 1.29 is 84.2 Å². The number of halogens is 18. The van der Waals surface area contributed by atoms with Crippen LogP contribution in [0.4, 0.5) is 74.6 Å². The van der Waals surface area contributed by atoms with Crippen molar-refractivity contribution in [2.75, 3.05) is 7.11 Å². The van der Waals surface area contributed by atoms with Crippen LogP contribution in [0.5, 0.6) is 0 Å². The molecule has 33 heavy (non-hydrogen) atoms. The molecular weight excluding hydrogens is 591 g/mol. The van der Waals surface area contributed by atoms with Gasteiger partial charge in [-0.15, -0.1) is 0 Å². The van der Waals surface area contributed by atoms with Gasteiger partial charge in [0.25, 0.3) is 0 Å². The molecule has 0 N–H and O–H groups in total. The van der Waals surface area contributed by atoms with Gasteiger partial charge in [-0.3, -0.25) is 4.79 Å². The van der Waals surface area contributed by atoms with Gasteiger partial charge in [0, 0.05) is 6.42 Å². The molecule has 0 aromatic heterocycles. The van der Waals surface area contributed by atoms with E-state index in [1.807, 2.05) is 15.9 Å². The molecule has 0 aliphatic rings. The number of methoxy groups -OCH3 is 1. The molecule has 0 aliphatic carbocycles. The standard InChI is InChI=1S/C13H8BrF17O2/c1-5(14,4(32)33-2)3-6(15,16)7(17,18)8(19,20)9(21,22)10(23,24)11(25,26)12(27,28)13(29,30)31/h3H2,1-2H3. The van der Waals surface area contributed by atoms with E-state index in [1.54, 1.807) is 0 Å². The highest BCUT2D eigenvalue weighted by Gasteiger charge is 2.95. The fraction of sp³-hybridized carbons (Fsp3) is 0.923. The van der Waals surface area contributed by atoms with Crippen LogP contribution in [0, 0.1) is 0 Å². The Bertz CT molecular complexity index is 740. The summed E-state index contributed by atoms with van der Waals surface area (Å²) in [6, 6.07) is 0. The number of carbonyl (C=O) groups is 1. The number of esters is 1. The molecule has 0 heterocycles. The van der Waals surface area contributed by atoms with Gasteiger partial charge in [0.15, 0.2) is 0 Å². The van der Waals surface area contributed by atoms with Crippen LogP contribution in [0.1, 0.15) is 13.3 Å². The molecular formula is C13H8BrF17O2. The van der Waals surface area contributed by atoms with Gasteiger partial charge in [-0.2, -0.15) is 74.6 Å². The van der Waals surface area contributed by atoms with Crippen molar-refractivity contribution in [2.45, 2.75) is 65.3 Å². The van der Waals surface area contributed by atoms with E-state index in [2.05, 4.69) is 4.74 Å². The second-order valence-corrected chi connectivity index (χ2v) is 8.26. The summed E-state index contributed by atoms with van der Waals surface area (Å²) < 4.78 is 224. The van der Waals surface area contributed by atoms with E-state index < -0.39 is 64.3 Å². The Labute approximate surface area is 179 Å². The predicted molar refractivity (Wildman–Crippen MR) is 74.6 cm³/mol. The zero-order valence-electron chi connectivity index (χ0n) is 15.3. The third-order valence-corrected chi connectivity index (χ3v) is 4.56. The lowest BCUT2D eigenvalue weighted by atomic mass is 9.86. The molecule has 0 amide bonds. The molecule has 198 valence electrons. The van der Waals surface area contributed by atoms with Crippen LogP contribution in [0.2, 0.25) is 0 Å². The van der Waals surface area contributed by atoms with E-state index in [1.165, 1.54) is 0 Å². The smallest absolute Gasteiger partial charge is 0.460 e. The maximum atomic E-state index is 13.8. The van der Waals surface area contributed by atoms with E-state index >= 15 is 0 Å². The first-order valence-corrected chi connectivity index (χ1v) is 8.22. The van der Waals surface area contributed by atoms with Gasteiger partial charge >= 0.3 is 53.6 Å². The molecule has 0 radical (unpaired) electrons. The minimum Gasteiger partial charge on any atom is -0.468 e. The Balaban J connectivity index is 6.74. The maximum absolute atomic E-state index is 13.8. The normalized spacial score (nSPS) is 17.6. The second kappa shape index (κ2) is 8.17. The van der Waals surface area contributed by atoms with Gasteiger partial charge in [-0.05, 0) is 6.92 Å². The van der Waals surface area contributed by atoms with Crippen molar-refractivity contribution in [3.8, 4) is 0 Å². The number of carbonyl (C=O) groups excluding carboxylic acids is 1. The second-order valence-electron chi connectivity index (χ2n) is 6.51. The molecule has 0 fully saturated rings. The SMILES string of the molecule is COC(=O)C(C)(Br)CC(F)(F)C(F)(F)C(F)(F)C(F)(F)C(F)(F)C(F)(F)C(F)(F)C(F)(F)F. The van der Waals surface area contributed by atoms with Gasteiger partial charge in [0.1, 0.15) is 4.32 Å². The molecule has 0 saturated carbocycles. The largest absolute Gasteiger partial charge is 0.468 e. The Morgan fingerprint density at radius 3 is 1.15 bits per heavy atom. The molecule has 0 bridgehead atoms. The summed E-state index contributed by atoms with van der Waals surface area (Å²) >= 11 is 1.96. The van der Waals surface area contributed by atoms with Gasteiger partial charge in [0.2, 0.25) is 0 Å². The van der Waals surface area contributed by atoms with Crippen LogP contribution in [-0.2, 0) is 9.53 Å². The first kappa shape index (κ1) is 31.8. The topological polar surface area (TPSA) is 26.3 Å². The van der Waals surface area contributed by atoms with Gasteiger partial charge in [-0.25, -0.2) is 0 Å². The summed E-state index contributed by atoms with van der Waals surface area (Å²) in [5.74, 6) is -59.0. The third kappa shape index (κ3) is 4.43. The summed E-state index contributed by atoms with van der Waals surface area (Å²) in [7, 11) is 0.421. The number of ether oxygens (including phenoxy) is 1. The van der Waals surface area contributed by atoms with Crippen LogP contribution >= 0.6 is 15.9 Å². The lowest BCUT2D eigenvalue weighted by Crippen LogP contribution is -2.74. The Morgan fingerprint density at radius 1 is 0.606 bits per heavy atom. The third-order valence-electron chi connectivity index (χ3n) is 3.95. The summed E-state index contributed by atoms with van der Waals surface area (Å²) in [6.45, 7) is 0.200. The maximum Gasteiger partial charge on any atom is 0.460 e. The van der Waals surface area contributed by atoms with Crippen LogP contribution in [0.25, 0.3) is 0 Å². The molecule has 1 atom stereocenters.